The highest BCUT2D eigenvalue weighted by Gasteiger charge is 2.52. The molecule has 0 aromatic heterocycles. The minimum Gasteiger partial charge on any atom is -0.409 e. The molecule has 0 unspecified atom stereocenters. The first-order chi connectivity index (χ1) is 12.4. The zero-order valence-corrected chi connectivity index (χ0v) is 16.3. The molecule has 1 N–H and O–H groups in total. The van der Waals surface area contributed by atoms with Crippen molar-refractivity contribution in [2.45, 2.75) is 51.1 Å². The van der Waals surface area contributed by atoms with Crippen LogP contribution >= 0.6 is 0 Å². The van der Waals surface area contributed by atoms with Crippen molar-refractivity contribution in [3.05, 3.63) is 23.3 Å². The fourth-order valence-electron chi connectivity index (χ4n) is 5.24. The first kappa shape index (κ1) is 17.6. The summed E-state index contributed by atoms with van der Waals surface area (Å²) in [5, 5.41) is 1.96. The summed E-state index contributed by atoms with van der Waals surface area (Å²) >= 11 is 0. The van der Waals surface area contributed by atoms with Crippen LogP contribution in [0.2, 0.25) is 0 Å². The van der Waals surface area contributed by atoms with Gasteiger partial charge in [-0.05, 0) is 56.5 Å². The highest BCUT2D eigenvalue weighted by Crippen LogP contribution is 2.53. The van der Waals surface area contributed by atoms with E-state index >= 15 is 0 Å². The maximum Gasteiger partial charge on any atom is 0.427 e. The van der Waals surface area contributed by atoms with Crippen molar-refractivity contribution in [2.24, 2.45) is 0 Å². The Labute approximate surface area is 156 Å². The number of nitrogens with zero attached hydrogens (tertiary/aromatic N) is 3. The average Bonchev–Trinajstić information content (AvgIpc) is 3.01. The Morgan fingerprint density at radius 3 is 2.65 bits per heavy atom. The van der Waals surface area contributed by atoms with Gasteiger partial charge in [0.05, 0.1) is 6.17 Å². The summed E-state index contributed by atoms with van der Waals surface area (Å²) in [5.74, 6) is 0.639. The van der Waals surface area contributed by atoms with Crippen LogP contribution in [0.1, 0.15) is 43.7 Å². The lowest BCUT2D eigenvalue weighted by Crippen LogP contribution is -2.46. The molecule has 6 heteroatoms. The van der Waals surface area contributed by atoms with E-state index in [1.54, 1.807) is 0 Å². The molecule has 2 saturated heterocycles. The Morgan fingerprint density at radius 2 is 1.92 bits per heavy atom. The van der Waals surface area contributed by atoms with Crippen LogP contribution in [-0.4, -0.2) is 55.9 Å². The highest BCUT2D eigenvalue weighted by atomic mass is 16.6. The molecule has 1 amide bonds. The molecule has 2 fully saturated rings. The minimum atomic E-state index is -0.386. The largest absolute Gasteiger partial charge is 0.427 e. The smallest absolute Gasteiger partial charge is 0.409 e. The third-order valence-corrected chi connectivity index (χ3v) is 6.40. The van der Waals surface area contributed by atoms with E-state index in [1.165, 1.54) is 17.7 Å². The van der Waals surface area contributed by atoms with Gasteiger partial charge < -0.3 is 9.64 Å². The normalized spacial score (nSPS) is 28.8. The number of likely N-dealkylation sites (N-methyl/N-ethyl adjacent to an activating group) is 2. The molecule has 2 atom stereocenters. The Balaban J connectivity index is 1.56. The number of benzene rings is 1. The van der Waals surface area contributed by atoms with E-state index in [0.717, 1.165) is 44.5 Å². The Morgan fingerprint density at radius 1 is 1.19 bits per heavy atom. The lowest BCUT2D eigenvalue weighted by atomic mass is 9.81. The molecule has 0 radical (unpaired) electrons. The predicted octanol–water partition coefficient (Wildman–Crippen LogP) is 2.85. The summed E-state index contributed by atoms with van der Waals surface area (Å²) in [7, 11) is 4.37. The number of carbonyl (C=O) groups is 1. The number of nitrogens with one attached hydrogen (secondary N) is 1. The van der Waals surface area contributed by atoms with Gasteiger partial charge in [0.1, 0.15) is 5.75 Å². The fourth-order valence-corrected chi connectivity index (χ4v) is 5.24. The van der Waals surface area contributed by atoms with Gasteiger partial charge in [0.15, 0.2) is 0 Å². The second-order valence-corrected chi connectivity index (χ2v) is 8.32. The van der Waals surface area contributed by atoms with Crippen molar-refractivity contribution in [3.63, 3.8) is 0 Å². The van der Waals surface area contributed by atoms with Gasteiger partial charge >= 0.3 is 6.09 Å². The van der Waals surface area contributed by atoms with Crippen LogP contribution in [0.15, 0.2) is 12.1 Å². The number of carbonyl (C=O) groups excluding carboxylic acids is 1. The number of piperidine rings is 1. The molecule has 26 heavy (non-hydrogen) atoms. The van der Waals surface area contributed by atoms with Crippen molar-refractivity contribution in [3.8, 4) is 5.75 Å². The van der Waals surface area contributed by atoms with Crippen molar-refractivity contribution >= 4 is 11.8 Å². The van der Waals surface area contributed by atoms with Crippen LogP contribution < -0.4 is 15.1 Å². The van der Waals surface area contributed by atoms with Gasteiger partial charge in [0, 0.05) is 37.8 Å². The molecule has 0 aliphatic carbocycles. The standard InChI is InChI=1S/C20H30N4O2/c1-14-12-15(26-19(25)21-24-9-6-5-7-10-24)13-16-17(14)23(4)18-20(16,2)8-11-22(18)3/h12-13,18H,5-11H2,1-4H3,(H,21,25)/t18-,20-/m0/s1. The quantitative estimate of drug-likeness (QED) is 0.881. The molecule has 6 nitrogen and oxygen atoms in total. The number of aryl methyl sites for hydroxylation is 1. The number of likely N-dealkylation sites (tertiary alicyclic amines) is 1. The number of hydrazine groups is 1. The van der Waals surface area contributed by atoms with Crippen molar-refractivity contribution in [1.29, 1.82) is 0 Å². The zero-order chi connectivity index (χ0) is 18.5. The van der Waals surface area contributed by atoms with Crippen LogP contribution in [0.25, 0.3) is 0 Å². The van der Waals surface area contributed by atoms with Crippen LogP contribution in [-0.2, 0) is 5.41 Å². The molecule has 142 valence electrons. The summed E-state index contributed by atoms with van der Waals surface area (Å²) in [4.78, 5) is 17.1. The summed E-state index contributed by atoms with van der Waals surface area (Å²) in [6.45, 7) is 7.32. The maximum atomic E-state index is 12.3. The third-order valence-electron chi connectivity index (χ3n) is 6.40. The highest BCUT2D eigenvalue weighted by molar-refractivity contribution is 5.74. The molecule has 1 aromatic carbocycles. The first-order valence-corrected chi connectivity index (χ1v) is 9.72. The SMILES string of the molecule is Cc1cc(OC(=O)NN2CCCCC2)cc2c1N(C)[C@@H]1N(C)CC[C@@]21C. The molecule has 4 rings (SSSR count). The second-order valence-electron chi connectivity index (χ2n) is 8.32. The van der Waals surface area contributed by atoms with Gasteiger partial charge in [0.2, 0.25) is 0 Å². The van der Waals surface area contributed by atoms with Gasteiger partial charge in [-0.1, -0.05) is 13.3 Å². The molecule has 0 saturated carbocycles. The van der Waals surface area contributed by atoms with E-state index in [4.69, 9.17) is 4.74 Å². The maximum absolute atomic E-state index is 12.3. The van der Waals surface area contributed by atoms with Crippen molar-refractivity contribution < 1.29 is 9.53 Å². The third kappa shape index (κ3) is 2.76. The number of amides is 1. The van der Waals surface area contributed by atoms with Gasteiger partial charge in [-0.3, -0.25) is 10.3 Å². The van der Waals surface area contributed by atoms with E-state index in [0.29, 0.717) is 11.9 Å². The van der Waals surface area contributed by atoms with Crippen molar-refractivity contribution in [2.75, 3.05) is 38.6 Å². The van der Waals surface area contributed by atoms with Crippen molar-refractivity contribution in [1.82, 2.24) is 15.3 Å². The molecule has 0 spiro atoms. The molecular formula is C20H30N4O2. The van der Waals surface area contributed by atoms with E-state index in [2.05, 4.69) is 49.2 Å². The van der Waals surface area contributed by atoms with Gasteiger partial charge in [-0.25, -0.2) is 9.80 Å². The Bertz CT molecular complexity index is 716. The Hall–Kier alpha value is -1.79. The zero-order valence-electron chi connectivity index (χ0n) is 16.3. The van der Waals surface area contributed by atoms with E-state index < -0.39 is 0 Å². The van der Waals surface area contributed by atoms with Crippen LogP contribution in [0.3, 0.4) is 0 Å². The van der Waals surface area contributed by atoms with Crippen LogP contribution in [0.4, 0.5) is 10.5 Å². The molecule has 3 heterocycles. The number of hydrogen-bond acceptors (Lipinski definition) is 5. The second kappa shape index (κ2) is 6.43. The molecular weight excluding hydrogens is 328 g/mol. The fraction of sp³-hybridized carbons (Fsp3) is 0.650. The molecule has 1 aromatic rings. The number of hydrogen-bond donors (Lipinski definition) is 1. The van der Waals surface area contributed by atoms with Crippen LogP contribution in [0.5, 0.6) is 5.75 Å². The molecule has 0 bridgehead atoms. The number of ether oxygens (including phenoxy) is 1. The monoisotopic (exact) mass is 358 g/mol. The van der Waals surface area contributed by atoms with Gasteiger partial charge in [-0.2, -0.15) is 0 Å². The predicted molar refractivity (Wildman–Crippen MR) is 103 cm³/mol. The van der Waals surface area contributed by atoms with Crippen LogP contribution in [0, 0.1) is 6.92 Å². The van der Waals surface area contributed by atoms with E-state index in [1.807, 2.05) is 11.1 Å². The van der Waals surface area contributed by atoms with Gasteiger partial charge in [0.25, 0.3) is 0 Å². The number of rotatable bonds is 2. The molecule has 3 aliphatic heterocycles. The number of fused-ring (bicyclic) bond motifs is 3. The summed E-state index contributed by atoms with van der Waals surface area (Å²) in [6, 6.07) is 4.06. The summed E-state index contributed by atoms with van der Waals surface area (Å²) in [5.41, 5.74) is 6.70. The summed E-state index contributed by atoms with van der Waals surface area (Å²) in [6.07, 6.45) is 4.58. The first-order valence-electron chi connectivity index (χ1n) is 9.72. The van der Waals surface area contributed by atoms with E-state index in [9.17, 15) is 4.79 Å². The van der Waals surface area contributed by atoms with E-state index in [-0.39, 0.29) is 11.5 Å². The molecule has 3 aliphatic rings. The minimum absolute atomic E-state index is 0.0757. The van der Waals surface area contributed by atoms with Gasteiger partial charge in [-0.15, -0.1) is 0 Å². The lowest BCUT2D eigenvalue weighted by molar-refractivity contribution is 0.129. The summed E-state index contributed by atoms with van der Waals surface area (Å²) < 4.78 is 5.65. The number of anilines is 1. The topological polar surface area (TPSA) is 48.1 Å². The Kier molecular flexibility index (Phi) is 4.35. The lowest BCUT2D eigenvalue weighted by Gasteiger charge is -2.32. The average molecular weight is 358 g/mol.